The van der Waals surface area contributed by atoms with Crippen molar-refractivity contribution in [3.8, 4) is 0 Å². The van der Waals surface area contributed by atoms with E-state index in [1.807, 2.05) is 30.0 Å². The SMILES string of the molecule is Cc1nonc1CN1CCN(C(=O)C[C@@H]2NC(=O)c3ccccc32)CC1. The van der Waals surface area contributed by atoms with Gasteiger partial charge in [-0.3, -0.25) is 14.5 Å². The van der Waals surface area contributed by atoms with E-state index in [0.29, 0.717) is 31.6 Å². The molecule has 2 amide bonds. The number of carbonyl (C=O) groups is 2. The summed E-state index contributed by atoms with van der Waals surface area (Å²) >= 11 is 0. The average Bonchev–Trinajstić information content (AvgIpc) is 3.19. The van der Waals surface area contributed by atoms with Crippen LogP contribution in [0.5, 0.6) is 0 Å². The molecule has 0 aliphatic carbocycles. The molecule has 4 rings (SSSR count). The number of nitrogens with zero attached hydrogens (tertiary/aromatic N) is 4. The van der Waals surface area contributed by atoms with E-state index in [4.69, 9.17) is 4.63 Å². The van der Waals surface area contributed by atoms with Crippen molar-refractivity contribution in [2.45, 2.75) is 25.9 Å². The van der Waals surface area contributed by atoms with Crippen LogP contribution in [0.3, 0.4) is 0 Å². The molecule has 1 aromatic heterocycles. The van der Waals surface area contributed by atoms with Crippen LogP contribution < -0.4 is 5.32 Å². The Morgan fingerprint density at radius 3 is 2.73 bits per heavy atom. The number of aromatic nitrogens is 2. The van der Waals surface area contributed by atoms with Crippen LogP contribution in [0, 0.1) is 6.92 Å². The molecule has 1 atom stereocenters. The second-order valence-corrected chi connectivity index (χ2v) is 6.77. The lowest BCUT2D eigenvalue weighted by Gasteiger charge is -2.34. The number of benzene rings is 1. The second kappa shape index (κ2) is 6.87. The summed E-state index contributed by atoms with van der Waals surface area (Å²) in [5.41, 5.74) is 3.24. The monoisotopic (exact) mass is 355 g/mol. The van der Waals surface area contributed by atoms with Gasteiger partial charge in [-0.05, 0) is 18.6 Å². The minimum atomic E-state index is -0.229. The highest BCUT2D eigenvalue weighted by molar-refractivity contribution is 5.99. The van der Waals surface area contributed by atoms with E-state index in [0.717, 1.165) is 30.0 Å². The Hall–Kier alpha value is -2.74. The first-order valence-electron chi connectivity index (χ1n) is 8.80. The first-order chi connectivity index (χ1) is 12.6. The van der Waals surface area contributed by atoms with Gasteiger partial charge in [0.2, 0.25) is 5.91 Å². The summed E-state index contributed by atoms with van der Waals surface area (Å²) < 4.78 is 4.73. The van der Waals surface area contributed by atoms with Gasteiger partial charge in [-0.25, -0.2) is 4.63 Å². The largest absolute Gasteiger partial charge is 0.345 e. The smallest absolute Gasteiger partial charge is 0.252 e. The fourth-order valence-electron chi connectivity index (χ4n) is 3.55. The molecule has 8 nitrogen and oxygen atoms in total. The maximum atomic E-state index is 12.7. The lowest BCUT2D eigenvalue weighted by Crippen LogP contribution is -2.48. The van der Waals surface area contributed by atoms with Crippen molar-refractivity contribution in [3.05, 3.63) is 46.8 Å². The predicted molar refractivity (Wildman–Crippen MR) is 92.2 cm³/mol. The van der Waals surface area contributed by atoms with Crippen LogP contribution in [0.4, 0.5) is 0 Å². The van der Waals surface area contributed by atoms with E-state index in [2.05, 4.69) is 20.5 Å². The van der Waals surface area contributed by atoms with E-state index < -0.39 is 0 Å². The summed E-state index contributed by atoms with van der Waals surface area (Å²) in [6, 6.07) is 7.23. The van der Waals surface area contributed by atoms with Gasteiger partial charge in [0, 0.05) is 38.3 Å². The predicted octanol–water partition coefficient (Wildman–Crippen LogP) is 0.897. The van der Waals surface area contributed by atoms with Crippen molar-refractivity contribution >= 4 is 11.8 Å². The molecule has 0 spiro atoms. The summed E-state index contributed by atoms with van der Waals surface area (Å²) in [4.78, 5) is 28.8. The molecule has 2 aromatic rings. The van der Waals surface area contributed by atoms with Gasteiger partial charge in [-0.2, -0.15) is 0 Å². The molecule has 0 saturated carbocycles. The lowest BCUT2D eigenvalue weighted by molar-refractivity contribution is -0.133. The number of nitrogens with one attached hydrogen (secondary N) is 1. The second-order valence-electron chi connectivity index (χ2n) is 6.77. The number of amides is 2. The van der Waals surface area contributed by atoms with Gasteiger partial charge in [0.1, 0.15) is 11.4 Å². The van der Waals surface area contributed by atoms with Crippen LogP contribution in [0.25, 0.3) is 0 Å². The zero-order chi connectivity index (χ0) is 18.1. The van der Waals surface area contributed by atoms with Crippen LogP contribution in [0.1, 0.15) is 39.8 Å². The zero-order valence-electron chi connectivity index (χ0n) is 14.6. The number of aryl methyl sites for hydroxylation is 1. The Morgan fingerprint density at radius 1 is 1.23 bits per heavy atom. The molecule has 1 saturated heterocycles. The van der Waals surface area contributed by atoms with Crippen LogP contribution in [0.15, 0.2) is 28.9 Å². The number of piperazine rings is 1. The molecule has 26 heavy (non-hydrogen) atoms. The fourth-order valence-corrected chi connectivity index (χ4v) is 3.55. The molecule has 0 radical (unpaired) electrons. The van der Waals surface area contributed by atoms with Gasteiger partial charge in [-0.15, -0.1) is 0 Å². The van der Waals surface area contributed by atoms with Gasteiger partial charge in [0.15, 0.2) is 0 Å². The summed E-state index contributed by atoms with van der Waals surface area (Å²) in [5, 5.41) is 10.6. The third-order valence-electron chi connectivity index (χ3n) is 5.11. The molecule has 1 fully saturated rings. The summed E-state index contributed by atoms with van der Waals surface area (Å²) in [5.74, 6) is -0.0225. The van der Waals surface area contributed by atoms with E-state index in [1.54, 1.807) is 6.07 Å². The van der Waals surface area contributed by atoms with Crippen molar-refractivity contribution in [2.75, 3.05) is 26.2 Å². The van der Waals surface area contributed by atoms with Crippen LogP contribution in [-0.2, 0) is 11.3 Å². The van der Waals surface area contributed by atoms with Gasteiger partial charge in [0.05, 0.1) is 12.5 Å². The van der Waals surface area contributed by atoms with Crippen molar-refractivity contribution in [1.29, 1.82) is 0 Å². The minimum absolute atomic E-state index is 0.0749. The van der Waals surface area contributed by atoms with Gasteiger partial charge in [-0.1, -0.05) is 28.5 Å². The molecule has 136 valence electrons. The van der Waals surface area contributed by atoms with Crippen molar-refractivity contribution < 1.29 is 14.2 Å². The number of fused-ring (bicyclic) bond motifs is 1. The highest BCUT2D eigenvalue weighted by Gasteiger charge is 2.31. The number of carbonyl (C=O) groups excluding carboxylic acids is 2. The van der Waals surface area contributed by atoms with E-state index in [9.17, 15) is 9.59 Å². The Kier molecular flexibility index (Phi) is 4.42. The molecular formula is C18H21N5O3. The highest BCUT2D eigenvalue weighted by atomic mass is 16.6. The Bertz CT molecular complexity index is 826. The van der Waals surface area contributed by atoms with Gasteiger partial charge in [0.25, 0.3) is 5.91 Å². The normalized spacial score (nSPS) is 20.1. The standard InChI is InChI=1S/C18H21N5O3/c1-12-16(21-26-20-12)11-22-6-8-23(9-7-22)17(24)10-15-13-4-2-3-5-14(13)18(25)19-15/h2-5,15H,6-11H2,1H3,(H,19,25)/t15-/m0/s1. The first-order valence-corrected chi connectivity index (χ1v) is 8.80. The molecular weight excluding hydrogens is 334 g/mol. The Morgan fingerprint density at radius 2 is 2.00 bits per heavy atom. The van der Waals surface area contributed by atoms with E-state index in [1.165, 1.54) is 0 Å². The zero-order valence-corrected chi connectivity index (χ0v) is 14.6. The molecule has 2 aliphatic rings. The van der Waals surface area contributed by atoms with E-state index in [-0.39, 0.29) is 17.9 Å². The van der Waals surface area contributed by atoms with Crippen LogP contribution in [-0.4, -0.2) is 58.1 Å². The van der Waals surface area contributed by atoms with Crippen molar-refractivity contribution in [3.63, 3.8) is 0 Å². The molecule has 8 heteroatoms. The summed E-state index contributed by atoms with van der Waals surface area (Å²) in [6.07, 6.45) is 0.301. The quantitative estimate of drug-likeness (QED) is 0.876. The molecule has 2 aliphatic heterocycles. The topological polar surface area (TPSA) is 91.6 Å². The highest BCUT2D eigenvalue weighted by Crippen LogP contribution is 2.28. The Balaban J connectivity index is 1.32. The first kappa shape index (κ1) is 16.7. The fraction of sp³-hybridized carbons (Fsp3) is 0.444. The van der Waals surface area contributed by atoms with Gasteiger partial charge < -0.3 is 10.2 Å². The minimum Gasteiger partial charge on any atom is -0.345 e. The lowest BCUT2D eigenvalue weighted by atomic mass is 10.0. The maximum absolute atomic E-state index is 12.7. The third kappa shape index (κ3) is 3.20. The van der Waals surface area contributed by atoms with Crippen LogP contribution in [0.2, 0.25) is 0 Å². The third-order valence-corrected chi connectivity index (χ3v) is 5.11. The number of hydrogen-bond acceptors (Lipinski definition) is 6. The number of rotatable bonds is 4. The van der Waals surface area contributed by atoms with Crippen molar-refractivity contribution in [1.82, 2.24) is 25.4 Å². The molecule has 3 heterocycles. The van der Waals surface area contributed by atoms with Crippen molar-refractivity contribution in [2.24, 2.45) is 0 Å². The molecule has 0 bridgehead atoms. The molecule has 1 aromatic carbocycles. The molecule has 0 unspecified atom stereocenters. The van der Waals surface area contributed by atoms with Gasteiger partial charge >= 0.3 is 0 Å². The van der Waals surface area contributed by atoms with Crippen LogP contribution >= 0.6 is 0 Å². The Labute approximate surface area is 151 Å². The maximum Gasteiger partial charge on any atom is 0.252 e. The van der Waals surface area contributed by atoms with E-state index >= 15 is 0 Å². The molecule has 1 N–H and O–H groups in total. The number of hydrogen-bond donors (Lipinski definition) is 1. The average molecular weight is 355 g/mol. The summed E-state index contributed by atoms with van der Waals surface area (Å²) in [6.45, 7) is 5.47. The summed E-state index contributed by atoms with van der Waals surface area (Å²) in [7, 11) is 0.